The van der Waals surface area contributed by atoms with Gasteiger partial charge < -0.3 is 9.80 Å². The van der Waals surface area contributed by atoms with Gasteiger partial charge in [-0.25, -0.2) is 0 Å². The van der Waals surface area contributed by atoms with Crippen LogP contribution in [0, 0.1) is 50.4 Å². The maximum atomic E-state index is 10.8. The molecule has 7 aromatic carbocycles. The topological polar surface area (TPSA) is 54.1 Å². The van der Waals surface area contributed by atoms with Crippen molar-refractivity contribution in [2.45, 2.75) is 52.4 Å². The Kier molecular flexibility index (Phi) is 9.79. The van der Waals surface area contributed by atoms with E-state index in [0.717, 1.165) is 74.6 Å². The summed E-state index contributed by atoms with van der Waals surface area (Å²) in [5.74, 6) is 0.164. The first-order valence-electron chi connectivity index (χ1n) is 21.5. The van der Waals surface area contributed by atoms with Crippen LogP contribution in [0.2, 0.25) is 0 Å². The Morgan fingerprint density at radius 2 is 1.19 bits per heavy atom. The smallest absolute Gasteiger partial charge is 0.101 e. The average molecular weight is 799 g/mol. The van der Waals surface area contributed by atoms with Gasteiger partial charge in [0.15, 0.2) is 0 Å². The lowest BCUT2D eigenvalue weighted by Gasteiger charge is -2.39. The second-order valence-electron chi connectivity index (χ2n) is 17.0. The van der Waals surface area contributed by atoms with Crippen LogP contribution in [0.1, 0.15) is 63.6 Å². The van der Waals surface area contributed by atoms with E-state index in [1.807, 2.05) is 30.3 Å². The largest absolute Gasteiger partial charge is 0.313 e. The van der Waals surface area contributed by atoms with E-state index in [4.69, 9.17) is 0 Å². The van der Waals surface area contributed by atoms with Gasteiger partial charge in [0, 0.05) is 34.3 Å². The predicted molar refractivity (Wildman–Crippen MR) is 256 cm³/mol. The molecule has 3 aliphatic carbocycles. The molecule has 0 aliphatic heterocycles. The van der Waals surface area contributed by atoms with Crippen LogP contribution in [0.25, 0.3) is 34.1 Å². The van der Waals surface area contributed by atoms with E-state index >= 15 is 0 Å². The molecule has 4 heteroatoms. The van der Waals surface area contributed by atoms with Crippen LogP contribution in [0.5, 0.6) is 0 Å². The summed E-state index contributed by atoms with van der Waals surface area (Å²) in [4.78, 5) is 4.66. The number of hydrogen-bond donors (Lipinski definition) is 0. The zero-order chi connectivity index (χ0) is 42.5. The Labute approximate surface area is 364 Å². The summed E-state index contributed by atoms with van der Waals surface area (Å²) in [7, 11) is 0. The molecule has 298 valence electrons. The number of anilines is 4. The summed E-state index contributed by atoms with van der Waals surface area (Å²) in [5, 5.41) is 26.4. The second kappa shape index (κ2) is 15.7. The summed E-state index contributed by atoms with van der Waals surface area (Å²) in [5.41, 5.74) is 16.6. The molecule has 2 atom stereocenters. The monoisotopic (exact) mass is 798 g/mol. The fourth-order valence-corrected chi connectivity index (χ4v) is 10.1. The molecular weight excluding hydrogens is 753 g/mol. The number of aryl methyl sites for hydroxylation is 4. The summed E-state index contributed by atoms with van der Waals surface area (Å²) in [6.45, 7) is 8.57. The molecular formula is C58H46N4. The minimum atomic E-state index is 0.0319. The highest BCUT2D eigenvalue weighted by molar-refractivity contribution is 6.03. The van der Waals surface area contributed by atoms with Gasteiger partial charge in [0.2, 0.25) is 0 Å². The Hall–Kier alpha value is -7.66. The van der Waals surface area contributed by atoms with Gasteiger partial charge in [0.25, 0.3) is 0 Å². The molecule has 0 amide bonds. The Balaban J connectivity index is 1.15. The van der Waals surface area contributed by atoms with E-state index < -0.39 is 0 Å². The first kappa shape index (κ1) is 38.5. The SMILES string of the molecule is Cc1cc(C)cc(N(C2=CCC(c3ccccc3)C=C2C#N)C2=CC=c3ccc4c(N(c5cc(C)cc(C)c5)c5ccc(-c6ccccc6)cc5C#N)ccc5c4c3C2CC=5)c1. The fraction of sp³-hybridized carbons (Fsp3) is 0.138. The number of hydrogen-bond acceptors (Lipinski definition) is 4. The van der Waals surface area contributed by atoms with Crippen LogP contribution in [0.4, 0.5) is 22.7 Å². The predicted octanol–water partition coefficient (Wildman–Crippen LogP) is 13.1. The third kappa shape index (κ3) is 6.81. The zero-order valence-corrected chi connectivity index (χ0v) is 35.5. The normalized spacial score (nSPS) is 16.1. The zero-order valence-electron chi connectivity index (χ0n) is 35.5. The number of allylic oxidation sites excluding steroid dienone is 5. The number of rotatable bonds is 8. The van der Waals surface area contributed by atoms with Gasteiger partial charge in [-0.15, -0.1) is 0 Å². The number of benzene rings is 7. The highest BCUT2D eigenvalue weighted by atomic mass is 15.2. The van der Waals surface area contributed by atoms with Gasteiger partial charge in [-0.05, 0) is 149 Å². The van der Waals surface area contributed by atoms with E-state index in [1.54, 1.807) is 0 Å². The van der Waals surface area contributed by atoms with Gasteiger partial charge in [-0.1, -0.05) is 121 Å². The molecule has 4 nitrogen and oxygen atoms in total. The molecule has 0 radical (unpaired) electrons. The maximum absolute atomic E-state index is 10.8. The molecule has 0 spiro atoms. The summed E-state index contributed by atoms with van der Waals surface area (Å²) in [6.07, 6.45) is 13.0. The number of nitriles is 2. The molecule has 0 heterocycles. The van der Waals surface area contributed by atoms with Gasteiger partial charge in [0.1, 0.15) is 12.1 Å². The van der Waals surface area contributed by atoms with Crippen molar-refractivity contribution < 1.29 is 0 Å². The quantitative estimate of drug-likeness (QED) is 0.154. The van der Waals surface area contributed by atoms with Crippen molar-refractivity contribution in [3.63, 3.8) is 0 Å². The third-order valence-corrected chi connectivity index (χ3v) is 12.7. The summed E-state index contributed by atoms with van der Waals surface area (Å²) < 4.78 is 0. The van der Waals surface area contributed by atoms with Crippen molar-refractivity contribution in [3.05, 3.63) is 224 Å². The molecule has 3 aliphatic rings. The lowest BCUT2D eigenvalue weighted by atomic mass is 9.78. The van der Waals surface area contributed by atoms with Gasteiger partial charge in [0.05, 0.1) is 28.2 Å². The van der Waals surface area contributed by atoms with Gasteiger partial charge in [-0.2, -0.15) is 10.5 Å². The Morgan fingerprint density at radius 1 is 0.548 bits per heavy atom. The van der Waals surface area contributed by atoms with E-state index in [9.17, 15) is 10.5 Å². The van der Waals surface area contributed by atoms with Crippen LogP contribution in [0.15, 0.2) is 175 Å². The molecule has 62 heavy (non-hydrogen) atoms. The minimum Gasteiger partial charge on any atom is -0.313 e. The van der Waals surface area contributed by atoms with Crippen LogP contribution in [0.3, 0.4) is 0 Å². The van der Waals surface area contributed by atoms with E-state index in [1.165, 1.54) is 38.1 Å². The van der Waals surface area contributed by atoms with E-state index in [2.05, 4.69) is 189 Å². The molecule has 0 saturated heterocycles. The van der Waals surface area contributed by atoms with Crippen molar-refractivity contribution in [2.75, 3.05) is 9.80 Å². The van der Waals surface area contributed by atoms with E-state index in [0.29, 0.717) is 11.1 Å². The number of nitrogens with zero attached hydrogens (tertiary/aromatic N) is 4. The summed E-state index contributed by atoms with van der Waals surface area (Å²) in [6, 6.07) is 54.6. The molecule has 7 aromatic rings. The van der Waals surface area contributed by atoms with Gasteiger partial charge in [-0.3, -0.25) is 0 Å². The lowest BCUT2D eigenvalue weighted by molar-refractivity contribution is 0.769. The standard InChI is InChI=1S/C58H46N4/c1-37-27-38(2)30-49(29-37)61(53-23-19-45(33-47(53)35-59)41-11-7-5-8-12-41)55-25-17-43-16-22-52-56(26-18-44-15-21-51(55)57(43)58(44)52)62(50-31-39(3)28-40(4)32-50)54-24-20-46(34-48(54)36-60)42-13-9-6-10-14-42/h5-19,21,23-34,46,52H,20,22H2,1-4H3. The van der Waals surface area contributed by atoms with Crippen LogP contribution >= 0.6 is 0 Å². The molecule has 0 aromatic heterocycles. The lowest BCUT2D eigenvalue weighted by Crippen LogP contribution is -2.34. The Bertz CT molecular complexity index is 3220. The summed E-state index contributed by atoms with van der Waals surface area (Å²) >= 11 is 0. The van der Waals surface area contributed by atoms with Crippen molar-refractivity contribution in [1.29, 1.82) is 10.5 Å². The molecule has 2 unspecified atom stereocenters. The van der Waals surface area contributed by atoms with Crippen molar-refractivity contribution in [2.24, 2.45) is 0 Å². The van der Waals surface area contributed by atoms with Crippen molar-refractivity contribution in [3.8, 4) is 23.3 Å². The molecule has 10 rings (SSSR count). The fourth-order valence-electron chi connectivity index (χ4n) is 10.1. The highest BCUT2D eigenvalue weighted by Gasteiger charge is 2.34. The highest BCUT2D eigenvalue weighted by Crippen LogP contribution is 2.47. The molecule has 0 bridgehead atoms. The van der Waals surface area contributed by atoms with Crippen molar-refractivity contribution >= 4 is 45.7 Å². The first-order chi connectivity index (χ1) is 30.3. The third-order valence-electron chi connectivity index (χ3n) is 12.7. The first-order valence-corrected chi connectivity index (χ1v) is 21.5. The van der Waals surface area contributed by atoms with Crippen LogP contribution in [-0.2, 0) is 0 Å². The molecule has 0 fully saturated rings. The average Bonchev–Trinajstić information content (AvgIpc) is 3.29. The van der Waals surface area contributed by atoms with Gasteiger partial charge >= 0.3 is 0 Å². The second-order valence-corrected chi connectivity index (χ2v) is 17.0. The Morgan fingerprint density at radius 3 is 1.87 bits per heavy atom. The molecule has 0 N–H and O–H groups in total. The molecule has 0 saturated carbocycles. The van der Waals surface area contributed by atoms with Crippen molar-refractivity contribution in [1.82, 2.24) is 0 Å². The van der Waals surface area contributed by atoms with E-state index in [-0.39, 0.29) is 11.8 Å². The van der Waals surface area contributed by atoms with Crippen LogP contribution in [-0.4, -0.2) is 0 Å². The minimum absolute atomic E-state index is 0.0319. The van der Waals surface area contributed by atoms with Crippen LogP contribution < -0.4 is 20.2 Å². The maximum Gasteiger partial charge on any atom is 0.101 e.